The fourth-order valence-electron chi connectivity index (χ4n) is 2.06. The van der Waals surface area contributed by atoms with Crippen LogP contribution >= 0.6 is 0 Å². The zero-order chi connectivity index (χ0) is 12.4. The van der Waals surface area contributed by atoms with E-state index in [1.807, 2.05) is 11.8 Å². The number of hydrogen-bond acceptors (Lipinski definition) is 2. The van der Waals surface area contributed by atoms with Gasteiger partial charge >= 0.3 is 0 Å². The molecule has 1 heterocycles. The molecule has 5 heteroatoms. The molecule has 1 aromatic carbocycles. The lowest BCUT2D eigenvalue weighted by Gasteiger charge is -2.35. The molecule has 1 aromatic rings. The SMILES string of the molecule is CCC1CN(c2cc(F)c(F)c(F)c2)CCN1. The van der Waals surface area contributed by atoms with Gasteiger partial charge in [0, 0.05) is 43.5 Å². The maximum Gasteiger partial charge on any atom is 0.194 e. The van der Waals surface area contributed by atoms with E-state index in [4.69, 9.17) is 0 Å². The second kappa shape index (κ2) is 4.96. The van der Waals surface area contributed by atoms with E-state index in [2.05, 4.69) is 5.32 Å². The summed E-state index contributed by atoms with van der Waals surface area (Å²) in [6.45, 7) is 4.16. The van der Waals surface area contributed by atoms with Gasteiger partial charge in [-0.25, -0.2) is 13.2 Å². The third-order valence-corrected chi connectivity index (χ3v) is 3.08. The molecule has 17 heavy (non-hydrogen) atoms. The molecule has 1 unspecified atom stereocenters. The minimum absolute atomic E-state index is 0.305. The lowest BCUT2D eigenvalue weighted by Crippen LogP contribution is -2.50. The van der Waals surface area contributed by atoms with Crippen molar-refractivity contribution in [3.63, 3.8) is 0 Å². The van der Waals surface area contributed by atoms with Gasteiger partial charge in [-0.1, -0.05) is 6.92 Å². The third-order valence-electron chi connectivity index (χ3n) is 3.08. The molecule has 1 saturated heterocycles. The summed E-state index contributed by atoms with van der Waals surface area (Å²) in [6.07, 6.45) is 0.947. The van der Waals surface area contributed by atoms with Gasteiger partial charge in [0.1, 0.15) is 0 Å². The van der Waals surface area contributed by atoms with Crippen molar-refractivity contribution in [3.8, 4) is 0 Å². The number of rotatable bonds is 2. The first-order chi connectivity index (χ1) is 8.11. The molecule has 1 fully saturated rings. The molecule has 0 saturated carbocycles. The van der Waals surface area contributed by atoms with Gasteiger partial charge in [-0.15, -0.1) is 0 Å². The van der Waals surface area contributed by atoms with Crippen LogP contribution in [0.2, 0.25) is 0 Å². The molecule has 1 aliphatic heterocycles. The monoisotopic (exact) mass is 244 g/mol. The second-order valence-electron chi connectivity index (χ2n) is 4.23. The highest BCUT2D eigenvalue weighted by Gasteiger charge is 2.20. The van der Waals surface area contributed by atoms with Crippen LogP contribution < -0.4 is 10.2 Å². The Kier molecular flexibility index (Phi) is 3.57. The van der Waals surface area contributed by atoms with Gasteiger partial charge in [0.15, 0.2) is 17.5 Å². The molecule has 0 spiro atoms. The normalized spacial score (nSPS) is 20.7. The highest BCUT2D eigenvalue weighted by Crippen LogP contribution is 2.22. The van der Waals surface area contributed by atoms with Gasteiger partial charge in [-0.2, -0.15) is 0 Å². The zero-order valence-corrected chi connectivity index (χ0v) is 9.64. The van der Waals surface area contributed by atoms with Gasteiger partial charge in [0.2, 0.25) is 0 Å². The van der Waals surface area contributed by atoms with E-state index in [-0.39, 0.29) is 0 Å². The fourth-order valence-corrected chi connectivity index (χ4v) is 2.06. The molecule has 1 atom stereocenters. The Morgan fingerprint density at radius 1 is 1.29 bits per heavy atom. The van der Waals surface area contributed by atoms with Crippen LogP contribution in [0.4, 0.5) is 18.9 Å². The van der Waals surface area contributed by atoms with Crippen molar-refractivity contribution in [2.75, 3.05) is 24.5 Å². The summed E-state index contributed by atoms with van der Waals surface area (Å²) in [5.74, 6) is -3.67. The standard InChI is InChI=1S/C12H15F3N2/c1-2-8-7-17(4-3-16-8)9-5-10(13)12(15)11(14)6-9/h5-6,8,16H,2-4,7H2,1H3. The van der Waals surface area contributed by atoms with E-state index in [0.29, 0.717) is 24.8 Å². The second-order valence-corrected chi connectivity index (χ2v) is 4.23. The van der Waals surface area contributed by atoms with Crippen molar-refractivity contribution in [2.45, 2.75) is 19.4 Å². The minimum atomic E-state index is -1.41. The van der Waals surface area contributed by atoms with E-state index in [1.54, 1.807) is 0 Å². The van der Waals surface area contributed by atoms with Crippen LogP contribution in [0.25, 0.3) is 0 Å². The van der Waals surface area contributed by atoms with Gasteiger partial charge in [-0.3, -0.25) is 0 Å². The lowest BCUT2D eigenvalue weighted by atomic mass is 10.1. The highest BCUT2D eigenvalue weighted by atomic mass is 19.2. The summed E-state index contributed by atoms with van der Waals surface area (Å²) in [5.41, 5.74) is 0.404. The molecule has 0 aliphatic carbocycles. The summed E-state index contributed by atoms with van der Waals surface area (Å²) < 4.78 is 39.1. The van der Waals surface area contributed by atoms with E-state index < -0.39 is 17.5 Å². The number of benzene rings is 1. The van der Waals surface area contributed by atoms with E-state index >= 15 is 0 Å². The van der Waals surface area contributed by atoms with Crippen LogP contribution in [0.3, 0.4) is 0 Å². The van der Waals surface area contributed by atoms with Crippen molar-refractivity contribution in [1.29, 1.82) is 0 Å². The molecular formula is C12H15F3N2. The van der Waals surface area contributed by atoms with Gasteiger partial charge in [0.25, 0.3) is 0 Å². The number of nitrogens with zero attached hydrogens (tertiary/aromatic N) is 1. The molecule has 2 nitrogen and oxygen atoms in total. The molecular weight excluding hydrogens is 229 g/mol. The Hall–Kier alpha value is -1.23. The summed E-state index contributed by atoms with van der Waals surface area (Å²) >= 11 is 0. The Bertz CT molecular complexity index is 386. The number of anilines is 1. The topological polar surface area (TPSA) is 15.3 Å². The predicted molar refractivity (Wildman–Crippen MR) is 60.6 cm³/mol. The Morgan fingerprint density at radius 3 is 2.53 bits per heavy atom. The summed E-state index contributed by atoms with van der Waals surface area (Å²) in [6, 6.07) is 2.41. The number of halogens is 3. The molecule has 0 radical (unpaired) electrons. The number of piperazine rings is 1. The Labute approximate surface area is 98.4 Å². The smallest absolute Gasteiger partial charge is 0.194 e. The first-order valence-electron chi connectivity index (χ1n) is 5.74. The molecule has 2 rings (SSSR count). The van der Waals surface area contributed by atoms with E-state index in [9.17, 15) is 13.2 Å². The van der Waals surface area contributed by atoms with Crippen LogP contribution in [0.5, 0.6) is 0 Å². The maximum atomic E-state index is 13.1. The van der Waals surface area contributed by atoms with E-state index in [1.165, 1.54) is 0 Å². The quantitative estimate of drug-likeness (QED) is 0.803. The third kappa shape index (κ3) is 2.54. The molecule has 1 N–H and O–H groups in total. The van der Waals surface area contributed by atoms with Crippen molar-refractivity contribution in [2.24, 2.45) is 0 Å². The fraction of sp³-hybridized carbons (Fsp3) is 0.500. The van der Waals surface area contributed by atoms with E-state index in [0.717, 1.165) is 25.1 Å². The molecule has 0 bridgehead atoms. The molecule has 1 aliphatic rings. The Morgan fingerprint density at radius 2 is 1.94 bits per heavy atom. The molecule has 0 aromatic heterocycles. The maximum absolute atomic E-state index is 13.1. The van der Waals surface area contributed by atoms with Gasteiger partial charge in [0.05, 0.1) is 0 Å². The molecule has 94 valence electrons. The van der Waals surface area contributed by atoms with Crippen LogP contribution in [0.15, 0.2) is 12.1 Å². The van der Waals surface area contributed by atoms with Crippen molar-refractivity contribution >= 4 is 5.69 Å². The average molecular weight is 244 g/mol. The van der Waals surface area contributed by atoms with Crippen LogP contribution in [-0.4, -0.2) is 25.7 Å². The first-order valence-corrected chi connectivity index (χ1v) is 5.74. The average Bonchev–Trinajstić information content (AvgIpc) is 2.35. The summed E-state index contributed by atoms with van der Waals surface area (Å²) in [7, 11) is 0. The zero-order valence-electron chi connectivity index (χ0n) is 9.64. The van der Waals surface area contributed by atoms with Crippen LogP contribution in [0.1, 0.15) is 13.3 Å². The lowest BCUT2D eigenvalue weighted by molar-refractivity contribution is 0.435. The highest BCUT2D eigenvalue weighted by molar-refractivity contribution is 5.48. The molecule has 0 amide bonds. The minimum Gasteiger partial charge on any atom is -0.369 e. The van der Waals surface area contributed by atoms with Gasteiger partial charge in [-0.05, 0) is 6.42 Å². The summed E-state index contributed by atoms with van der Waals surface area (Å²) in [4.78, 5) is 1.87. The number of nitrogens with one attached hydrogen (secondary N) is 1. The first kappa shape index (κ1) is 12.2. The summed E-state index contributed by atoms with van der Waals surface area (Å²) in [5, 5.41) is 3.31. The van der Waals surface area contributed by atoms with Crippen molar-refractivity contribution in [1.82, 2.24) is 5.32 Å². The Balaban J connectivity index is 2.22. The van der Waals surface area contributed by atoms with Crippen LogP contribution in [0, 0.1) is 17.5 Å². The largest absolute Gasteiger partial charge is 0.369 e. The van der Waals surface area contributed by atoms with Crippen molar-refractivity contribution < 1.29 is 13.2 Å². The predicted octanol–water partition coefficient (Wildman–Crippen LogP) is 2.29. The van der Waals surface area contributed by atoms with Crippen molar-refractivity contribution in [3.05, 3.63) is 29.6 Å². The van der Waals surface area contributed by atoms with Crippen LogP contribution in [-0.2, 0) is 0 Å². The number of hydrogen-bond donors (Lipinski definition) is 1. The van der Waals surface area contributed by atoms with Gasteiger partial charge < -0.3 is 10.2 Å².